The maximum absolute atomic E-state index is 12.1. The molecule has 4 nitrogen and oxygen atoms in total. The SMILES string of the molecule is O=C(CCSc1ccccc1Cl)Nc1cccc(OCC2CCCO2)c1. The molecular weight excluding hydrogens is 370 g/mol. The van der Waals surface area contributed by atoms with Gasteiger partial charge in [0.15, 0.2) is 0 Å². The van der Waals surface area contributed by atoms with Crippen LogP contribution in [-0.2, 0) is 9.53 Å². The molecule has 0 aliphatic carbocycles. The molecule has 26 heavy (non-hydrogen) atoms. The van der Waals surface area contributed by atoms with Crippen LogP contribution in [0.15, 0.2) is 53.4 Å². The Morgan fingerprint density at radius 1 is 1.27 bits per heavy atom. The summed E-state index contributed by atoms with van der Waals surface area (Å²) in [7, 11) is 0. The molecule has 1 atom stereocenters. The fourth-order valence-corrected chi connectivity index (χ4v) is 3.86. The van der Waals surface area contributed by atoms with E-state index in [0.29, 0.717) is 23.8 Å². The number of carbonyl (C=O) groups excluding carboxylic acids is 1. The van der Waals surface area contributed by atoms with E-state index in [2.05, 4.69) is 5.32 Å². The zero-order valence-corrected chi connectivity index (χ0v) is 16.0. The molecule has 0 spiro atoms. The van der Waals surface area contributed by atoms with Crippen LogP contribution in [0.25, 0.3) is 0 Å². The smallest absolute Gasteiger partial charge is 0.225 e. The lowest BCUT2D eigenvalue weighted by Crippen LogP contribution is -2.16. The number of halogens is 1. The molecule has 1 saturated heterocycles. The first-order valence-corrected chi connectivity index (χ1v) is 10.1. The fraction of sp³-hybridized carbons (Fsp3) is 0.350. The third-order valence-electron chi connectivity index (χ3n) is 4.00. The number of amides is 1. The lowest BCUT2D eigenvalue weighted by Gasteiger charge is -2.12. The summed E-state index contributed by atoms with van der Waals surface area (Å²) < 4.78 is 11.3. The zero-order valence-electron chi connectivity index (χ0n) is 14.4. The van der Waals surface area contributed by atoms with Gasteiger partial charge in [0.2, 0.25) is 5.91 Å². The van der Waals surface area contributed by atoms with Crippen LogP contribution >= 0.6 is 23.4 Å². The number of anilines is 1. The van der Waals surface area contributed by atoms with E-state index in [9.17, 15) is 4.79 Å². The summed E-state index contributed by atoms with van der Waals surface area (Å²) in [5.74, 6) is 1.38. The number of hydrogen-bond donors (Lipinski definition) is 1. The molecule has 138 valence electrons. The second kappa shape index (κ2) is 9.86. The van der Waals surface area contributed by atoms with Crippen LogP contribution in [0.2, 0.25) is 5.02 Å². The minimum atomic E-state index is -0.0270. The van der Waals surface area contributed by atoms with E-state index in [-0.39, 0.29) is 12.0 Å². The highest BCUT2D eigenvalue weighted by molar-refractivity contribution is 7.99. The van der Waals surface area contributed by atoms with Crippen LogP contribution in [0.4, 0.5) is 5.69 Å². The van der Waals surface area contributed by atoms with Crippen molar-refractivity contribution in [3.63, 3.8) is 0 Å². The minimum absolute atomic E-state index is 0.0270. The molecule has 2 aromatic carbocycles. The highest BCUT2D eigenvalue weighted by Gasteiger charge is 2.16. The largest absolute Gasteiger partial charge is 0.491 e. The first-order chi connectivity index (χ1) is 12.7. The van der Waals surface area contributed by atoms with Crippen LogP contribution in [0.1, 0.15) is 19.3 Å². The van der Waals surface area contributed by atoms with E-state index in [1.807, 2.05) is 48.5 Å². The second-order valence-electron chi connectivity index (χ2n) is 6.05. The average molecular weight is 392 g/mol. The molecule has 3 rings (SSSR count). The number of nitrogens with one attached hydrogen (secondary N) is 1. The molecule has 2 aromatic rings. The molecule has 1 unspecified atom stereocenters. The van der Waals surface area contributed by atoms with Crippen molar-refractivity contribution in [2.45, 2.75) is 30.3 Å². The fourth-order valence-electron chi connectivity index (χ4n) is 2.67. The van der Waals surface area contributed by atoms with Gasteiger partial charge in [0.25, 0.3) is 0 Å². The molecule has 1 fully saturated rings. The van der Waals surface area contributed by atoms with Crippen LogP contribution < -0.4 is 10.1 Å². The molecule has 1 heterocycles. The van der Waals surface area contributed by atoms with E-state index < -0.39 is 0 Å². The molecule has 0 aromatic heterocycles. The monoisotopic (exact) mass is 391 g/mol. The van der Waals surface area contributed by atoms with E-state index in [4.69, 9.17) is 21.1 Å². The Bertz CT molecular complexity index is 735. The lowest BCUT2D eigenvalue weighted by molar-refractivity contribution is -0.115. The highest BCUT2D eigenvalue weighted by Crippen LogP contribution is 2.27. The Labute approximate surface area is 163 Å². The Morgan fingerprint density at radius 2 is 2.15 bits per heavy atom. The maximum atomic E-state index is 12.1. The lowest BCUT2D eigenvalue weighted by atomic mass is 10.2. The van der Waals surface area contributed by atoms with Crippen LogP contribution in [0.5, 0.6) is 5.75 Å². The van der Waals surface area contributed by atoms with Gasteiger partial charge < -0.3 is 14.8 Å². The first-order valence-electron chi connectivity index (χ1n) is 8.72. The van der Waals surface area contributed by atoms with Gasteiger partial charge in [-0.3, -0.25) is 4.79 Å². The number of rotatable bonds is 8. The van der Waals surface area contributed by atoms with Gasteiger partial charge >= 0.3 is 0 Å². The summed E-state index contributed by atoms with van der Waals surface area (Å²) in [6, 6.07) is 15.1. The van der Waals surface area contributed by atoms with Crippen LogP contribution in [0.3, 0.4) is 0 Å². The summed E-state index contributed by atoms with van der Waals surface area (Å²) in [6.45, 7) is 1.36. The predicted octanol–water partition coefficient (Wildman–Crippen LogP) is 5.02. The summed E-state index contributed by atoms with van der Waals surface area (Å²) in [6.07, 6.45) is 2.72. The summed E-state index contributed by atoms with van der Waals surface area (Å²) in [5, 5.41) is 3.63. The van der Waals surface area contributed by atoms with E-state index >= 15 is 0 Å². The number of benzene rings is 2. The molecule has 0 saturated carbocycles. The average Bonchev–Trinajstić information content (AvgIpc) is 3.15. The third-order valence-corrected chi connectivity index (χ3v) is 5.52. The summed E-state index contributed by atoms with van der Waals surface area (Å²) >= 11 is 7.70. The van der Waals surface area contributed by atoms with Crippen LogP contribution in [-0.4, -0.2) is 31.0 Å². The Balaban J connectivity index is 1.43. The maximum Gasteiger partial charge on any atom is 0.225 e. The quantitative estimate of drug-likeness (QED) is 0.642. The first kappa shape index (κ1) is 19.1. The van der Waals surface area contributed by atoms with E-state index in [1.165, 1.54) is 0 Å². The van der Waals surface area contributed by atoms with Gasteiger partial charge in [-0.05, 0) is 37.1 Å². The normalized spacial score (nSPS) is 16.4. The number of ether oxygens (including phenoxy) is 2. The Morgan fingerprint density at radius 3 is 2.96 bits per heavy atom. The molecule has 0 bridgehead atoms. The van der Waals surface area contributed by atoms with Gasteiger partial charge in [-0.1, -0.05) is 29.8 Å². The van der Waals surface area contributed by atoms with Crippen molar-refractivity contribution in [2.75, 3.05) is 24.3 Å². The second-order valence-corrected chi connectivity index (χ2v) is 7.59. The van der Waals surface area contributed by atoms with Gasteiger partial charge in [-0.15, -0.1) is 11.8 Å². The van der Waals surface area contributed by atoms with Gasteiger partial charge in [0.1, 0.15) is 12.4 Å². The van der Waals surface area contributed by atoms with E-state index in [0.717, 1.165) is 35.8 Å². The molecule has 1 aliphatic rings. The number of hydrogen-bond acceptors (Lipinski definition) is 4. The van der Waals surface area contributed by atoms with Crippen LogP contribution in [0, 0.1) is 0 Å². The minimum Gasteiger partial charge on any atom is -0.491 e. The molecule has 6 heteroatoms. The molecule has 1 N–H and O–H groups in total. The molecule has 0 radical (unpaired) electrons. The van der Waals surface area contributed by atoms with Gasteiger partial charge in [-0.25, -0.2) is 0 Å². The van der Waals surface area contributed by atoms with Crippen molar-refractivity contribution in [3.05, 3.63) is 53.6 Å². The van der Waals surface area contributed by atoms with Gasteiger partial charge in [-0.2, -0.15) is 0 Å². The standard InChI is InChI=1S/C20H22ClNO3S/c21-18-8-1-2-9-19(18)26-12-10-20(23)22-15-5-3-6-16(13-15)25-14-17-7-4-11-24-17/h1-3,5-6,8-9,13,17H,4,7,10-12,14H2,(H,22,23). The van der Waals surface area contributed by atoms with Crippen molar-refractivity contribution in [3.8, 4) is 5.75 Å². The van der Waals surface area contributed by atoms with Crippen molar-refractivity contribution in [1.29, 1.82) is 0 Å². The predicted molar refractivity (Wildman–Crippen MR) is 106 cm³/mol. The van der Waals surface area contributed by atoms with E-state index in [1.54, 1.807) is 11.8 Å². The van der Waals surface area contributed by atoms with Crippen molar-refractivity contribution in [2.24, 2.45) is 0 Å². The number of thioether (sulfide) groups is 1. The summed E-state index contributed by atoms with van der Waals surface area (Å²) in [4.78, 5) is 13.1. The van der Waals surface area contributed by atoms with Crippen molar-refractivity contribution >= 4 is 35.0 Å². The van der Waals surface area contributed by atoms with Gasteiger partial charge in [0.05, 0.1) is 11.1 Å². The van der Waals surface area contributed by atoms with Crippen molar-refractivity contribution < 1.29 is 14.3 Å². The van der Waals surface area contributed by atoms with Gasteiger partial charge in [0, 0.05) is 35.4 Å². The molecule has 1 aliphatic heterocycles. The topological polar surface area (TPSA) is 47.6 Å². The zero-order chi connectivity index (χ0) is 18.2. The van der Waals surface area contributed by atoms with Crippen molar-refractivity contribution in [1.82, 2.24) is 0 Å². The molecular formula is C20H22ClNO3S. The third kappa shape index (κ3) is 5.94. The highest BCUT2D eigenvalue weighted by atomic mass is 35.5. The molecule has 1 amide bonds. The Hall–Kier alpha value is -1.69. The summed E-state index contributed by atoms with van der Waals surface area (Å²) in [5.41, 5.74) is 0.739. The Kier molecular flexibility index (Phi) is 7.23. The number of carbonyl (C=O) groups is 1.